The Kier molecular flexibility index (Phi) is 13.5. The van der Waals surface area contributed by atoms with Gasteiger partial charge in [-0.05, 0) is 24.3 Å². The van der Waals surface area contributed by atoms with Gasteiger partial charge in [-0.25, -0.2) is 4.79 Å². The fourth-order valence-corrected chi connectivity index (χ4v) is 3.46. The summed E-state index contributed by atoms with van der Waals surface area (Å²) in [5.41, 5.74) is 11.8. The lowest BCUT2D eigenvalue weighted by atomic mass is 9.98. The number of carbonyl (C=O) groups excluding carboxylic acids is 4. The summed E-state index contributed by atoms with van der Waals surface area (Å²) in [6.45, 7) is 3.62. The molecule has 0 spiro atoms. The first-order chi connectivity index (χ1) is 17.8. The maximum atomic E-state index is 13.2. The molecule has 0 aliphatic heterocycles. The van der Waals surface area contributed by atoms with Crippen LogP contribution in [0, 0.1) is 5.92 Å². The zero-order valence-electron chi connectivity index (χ0n) is 21.5. The van der Waals surface area contributed by atoms with Gasteiger partial charge in [0.1, 0.15) is 18.1 Å². The summed E-state index contributed by atoms with van der Waals surface area (Å²) in [7, 11) is 0. The number of carboxylic acids is 2. The average molecular weight is 536 g/mol. The number of aliphatic carboxylic acids is 2. The minimum atomic E-state index is -1.51. The normalized spacial score (nSPS) is 14.7. The van der Waals surface area contributed by atoms with E-state index in [1.54, 1.807) is 37.3 Å². The molecule has 13 heteroatoms. The Labute approximate surface area is 220 Å². The zero-order chi connectivity index (χ0) is 28.8. The molecule has 0 saturated carbocycles. The second-order valence-electron chi connectivity index (χ2n) is 9.06. The summed E-state index contributed by atoms with van der Waals surface area (Å²) in [4.78, 5) is 72.7. The maximum Gasteiger partial charge on any atom is 0.326 e. The summed E-state index contributed by atoms with van der Waals surface area (Å²) in [6, 6.07) is 3.61. The number of hydrogen-bond acceptors (Lipinski definition) is 7. The van der Waals surface area contributed by atoms with E-state index in [2.05, 4.69) is 16.0 Å². The molecule has 0 aliphatic carbocycles. The first-order valence-corrected chi connectivity index (χ1v) is 12.3. The van der Waals surface area contributed by atoms with Crippen molar-refractivity contribution in [3.05, 3.63) is 35.9 Å². The summed E-state index contributed by atoms with van der Waals surface area (Å²) in [6.07, 6.45) is -0.679. The molecule has 5 unspecified atom stereocenters. The SMILES string of the molecule is CCC(C)C(N)C(=O)NC(CCC(N)=O)C(=O)NC(Cc1ccccc1)C(=O)NC(CCC(=O)O)C(=O)O. The summed E-state index contributed by atoms with van der Waals surface area (Å²) in [5, 5.41) is 25.6. The molecule has 9 N–H and O–H groups in total. The van der Waals surface area contributed by atoms with Gasteiger partial charge in [-0.3, -0.25) is 24.0 Å². The zero-order valence-corrected chi connectivity index (χ0v) is 21.5. The van der Waals surface area contributed by atoms with Gasteiger partial charge in [0.15, 0.2) is 0 Å². The molecule has 1 aromatic rings. The number of hydrogen-bond donors (Lipinski definition) is 7. The number of carbonyl (C=O) groups is 6. The molecule has 0 aromatic heterocycles. The highest BCUT2D eigenvalue weighted by atomic mass is 16.4. The van der Waals surface area contributed by atoms with Crippen LogP contribution >= 0.6 is 0 Å². The molecular formula is C25H37N5O8. The van der Waals surface area contributed by atoms with Crippen molar-refractivity contribution in [2.45, 2.75) is 76.5 Å². The van der Waals surface area contributed by atoms with Crippen LogP contribution in [0.4, 0.5) is 0 Å². The van der Waals surface area contributed by atoms with Crippen LogP contribution in [0.3, 0.4) is 0 Å². The highest BCUT2D eigenvalue weighted by Gasteiger charge is 2.31. The van der Waals surface area contributed by atoms with Crippen LogP contribution in [0.1, 0.15) is 51.5 Å². The van der Waals surface area contributed by atoms with Crippen molar-refractivity contribution < 1.29 is 39.0 Å². The van der Waals surface area contributed by atoms with Gasteiger partial charge in [-0.2, -0.15) is 0 Å². The number of rotatable bonds is 17. The molecule has 13 nitrogen and oxygen atoms in total. The van der Waals surface area contributed by atoms with Crippen LogP contribution in [0.2, 0.25) is 0 Å². The van der Waals surface area contributed by atoms with Crippen molar-refractivity contribution in [1.29, 1.82) is 0 Å². The minimum absolute atomic E-state index is 0.0352. The van der Waals surface area contributed by atoms with Crippen LogP contribution in [0.15, 0.2) is 30.3 Å². The maximum absolute atomic E-state index is 13.2. The van der Waals surface area contributed by atoms with Crippen molar-refractivity contribution in [3.63, 3.8) is 0 Å². The summed E-state index contributed by atoms with van der Waals surface area (Å²) < 4.78 is 0. The number of primary amides is 1. The number of benzene rings is 1. The van der Waals surface area contributed by atoms with Gasteiger partial charge in [-0.15, -0.1) is 0 Å². The molecule has 0 saturated heterocycles. The predicted molar refractivity (Wildman–Crippen MR) is 136 cm³/mol. The van der Waals surface area contributed by atoms with E-state index < -0.39 is 66.2 Å². The Morgan fingerprint density at radius 3 is 1.87 bits per heavy atom. The van der Waals surface area contributed by atoms with Crippen molar-refractivity contribution in [1.82, 2.24) is 16.0 Å². The van der Waals surface area contributed by atoms with Gasteiger partial charge in [0, 0.05) is 19.3 Å². The Morgan fingerprint density at radius 1 is 0.816 bits per heavy atom. The quantitative estimate of drug-likeness (QED) is 0.133. The topological polar surface area (TPSA) is 231 Å². The minimum Gasteiger partial charge on any atom is -0.481 e. The lowest BCUT2D eigenvalue weighted by molar-refractivity contribution is -0.143. The number of carboxylic acid groups (broad SMARTS) is 2. The van der Waals surface area contributed by atoms with E-state index in [0.717, 1.165) is 0 Å². The number of amides is 4. The fraction of sp³-hybridized carbons (Fsp3) is 0.520. The Hall–Kier alpha value is -4.00. The number of nitrogens with two attached hydrogens (primary N) is 2. The third-order valence-corrected chi connectivity index (χ3v) is 6.05. The van der Waals surface area contributed by atoms with E-state index in [4.69, 9.17) is 16.6 Å². The fourth-order valence-electron chi connectivity index (χ4n) is 3.46. The Morgan fingerprint density at radius 2 is 1.34 bits per heavy atom. The van der Waals surface area contributed by atoms with E-state index in [1.165, 1.54) is 0 Å². The monoisotopic (exact) mass is 535 g/mol. The molecule has 0 bridgehead atoms. The van der Waals surface area contributed by atoms with Gasteiger partial charge < -0.3 is 37.6 Å². The van der Waals surface area contributed by atoms with E-state index in [-0.39, 0.29) is 31.6 Å². The van der Waals surface area contributed by atoms with Crippen molar-refractivity contribution in [2.75, 3.05) is 0 Å². The van der Waals surface area contributed by atoms with Gasteiger partial charge in [0.25, 0.3) is 0 Å². The van der Waals surface area contributed by atoms with E-state index in [0.29, 0.717) is 12.0 Å². The first kappa shape index (κ1) is 32.0. The number of nitrogens with one attached hydrogen (secondary N) is 3. The molecule has 5 atom stereocenters. The molecule has 0 heterocycles. The molecular weight excluding hydrogens is 498 g/mol. The molecule has 0 fully saturated rings. The van der Waals surface area contributed by atoms with Gasteiger partial charge >= 0.3 is 11.9 Å². The molecule has 1 rings (SSSR count). The predicted octanol–water partition coefficient (Wildman–Crippen LogP) is -0.728. The Balaban J connectivity index is 3.16. The average Bonchev–Trinajstić information content (AvgIpc) is 2.87. The lowest BCUT2D eigenvalue weighted by Gasteiger charge is -2.26. The molecule has 4 amide bonds. The van der Waals surface area contributed by atoms with Crippen LogP contribution in [-0.4, -0.2) is 69.9 Å². The van der Waals surface area contributed by atoms with Crippen LogP contribution in [0.25, 0.3) is 0 Å². The highest BCUT2D eigenvalue weighted by molar-refractivity contribution is 5.94. The smallest absolute Gasteiger partial charge is 0.326 e. The second-order valence-corrected chi connectivity index (χ2v) is 9.06. The molecule has 0 aliphatic rings. The van der Waals surface area contributed by atoms with E-state index >= 15 is 0 Å². The third-order valence-electron chi connectivity index (χ3n) is 6.05. The Bertz CT molecular complexity index is 987. The van der Waals surface area contributed by atoms with Crippen molar-refractivity contribution in [2.24, 2.45) is 17.4 Å². The molecule has 1 aromatic carbocycles. The second kappa shape index (κ2) is 16.0. The van der Waals surface area contributed by atoms with Crippen molar-refractivity contribution >= 4 is 35.6 Å². The molecule has 210 valence electrons. The van der Waals surface area contributed by atoms with Gasteiger partial charge in [-0.1, -0.05) is 50.6 Å². The van der Waals surface area contributed by atoms with Crippen LogP contribution < -0.4 is 27.4 Å². The molecule has 0 radical (unpaired) electrons. The van der Waals surface area contributed by atoms with Gasteiger partial charge in [0.05, 0.1) is 6.04 Å². The summed E-state index contributed by atoms with van der Waals surface area (Å²) in [5.74, 6) is -5.85. The standard InChI is InChI=1S/C25H37N5O8/c1-3-14(2)21(27)24(36)28-16(9-11-19(26)31)22(34)30-18(13-15-7-5-4-6-8-15)23(35)29-17(25(37)38)10-12-20(32)33/h4-8,14,16-18,21H,3,9-13,27H2,1-2H3,(H2,26,31)(H,28,36)(H,29,35)(H,30,34)(H,32,33)(H,37,38). The highest BCUT2D eigenvalue weighted by Crippen LogP contribution is 2.09. The molecule has 38 heavy (non-hydrogen) atoms. The van der Waals surface area contributed by atoms with Gasteiger partial charge in [0.2, 0.25) is 23.6 Å². The summed E-state index contributed by atoms with van der Waals surface area (Å²) >= 11 is 0. The largest absolute Gasteiger partial charge is 0.481 e. The van der Waals surface area contributed by atoms with E-state index in [1.807, 2.05) is 6.92 Å². The lowest BCUT2D eigenvalue weighted by Crippen LogP contribution is -2.58. The van der Waals surface area contributed by atoms with E-state index in [9.17, 15) is 33.9 Å². The third kappa shape index (κ3) is 11.4. The van der Waals surface area contributed by atoms with Crippen LogP contribution in [0.5, 0.6) is 0 Å². The van der Waals surface area contributed by atoms with Crippen LogP contribution in [-0.2, 0) is 35.2 Å². The van der Waals surface area contributed by atoms with Crippen molar-refractivity contribution in [3.8, 4) is 0 Å². The first-order valence-electron chi connectivity index (χ1n) is 12.3.